The van der Waals surface area contributed by atoms with E-state index < -0.39 is 36.2 Å². The summed E-state index contributed by atoms with van der Waals surface area (Å²) in [6.07, 6.45) is -4.77. The molecule has 1 saturated heterocycles. The summed E-state index contributed by atoms with van der Waals surface area (Å²) < 4.78 is 63.1. The monoisotopic (exact) mass is 1150 g/mol. The van der Waals surface area contributed by atoms with E-state index in [0.29, 0.717) is 17.4 Å². The van der Waals surface area contributed by atoms with E-state index in [0.717, 1.165) is 43.5 Å². The number of furan rings is 1. The third-order valence-corrected chi connectivity index (χ3v) is 12.6. The molecule has 1 aromatic heterocycles. The third-order valence-electron chi connectivity index (χ3n) is 11.3. The van der Waals surface area contributed by atoms with Gasteiger partial charge in [-0.05, 0) is 158 Å². The maximum atomic E-state index is 12.0. The molecule has 1 aliphatic rings. The zero-order valence-corrected chi connectivity index (χ0v) is 49.8. The number of benzene rings is 4. The molecule has 0 spiro atoms. The summed E-state index contributed by atoms with van der Waals surface area (Å²) in [7, 11) is 0.973. The van der Waals surface area contributed by atoms with Crippen LogP contribution in [0, 0.1) is 6.92 Å². The topological polar surface area (TPSA) is 117 Å². The first kappa shape index (κ1) is 65.8. The van der Waals surface area contributed by atoms with Crippen molar-refractivity contribution in [2.45, 2.75) is 130 Å². The molecule has 0 bridgehead atoms. The summed E-state index contributed by atoms with van der Waals surface area (Å²) in [6, 6.07) is 29.4. The number of nitrogens with one attached hydrogen (secondary N) is 1. The van der Waals surface area contributed by atoms with Gasteiger partial charge in [0.2, 0.25) is 5.76 Å². The molecule has 18 heteroatoms. The van der Waals surface area contributed by atoms with Crippen molar-refractivity contribution >= 4 is 84.1 Å². The van der Waals surface area contributed by atoms with Crippen molar-refractivity contribution in [2.75, 3.05) is 26.7 Å². The van der Waals surface area contributed by atoms with Gasteiger partial charge in [0.05, 0.1) is 29.1 Å². The number of carbonyl (C=O) groups is 3. The summed E-state index contributed by atoms with van der Waals surface area (Å²) >= 11 is 11.9. The van der Waals surface area contributed by atoms with Crippen molar-refractivity contribution in [3.05, 3.63) is 135 Å². The number of carbonyl (C=O) groups excluding carboxylic acids is 3. The maximum absolute atomic E-state index is 12.0. The number of halogens is 6. The van der Waals surface area contributed by atoms with E-state index in [1.807, 2.05) is 154 Å². The predicted molar refractivity (Wildman–Crippen MR) is 284 cm³/mol. The van der Waals surface area contributed by atoms with Crippen LogP contribution in [0.5, 0.6) is 0 Å². The smallest absolute Gasteiger partial charge is 1.00 e. The van der Waals surface area contributed by atoms with Crippen LogP contribution in [0.15, 0.2) is 106 Å². The van der Waals surface area contributed by atoms with Gasteiger partial charge in [0, 0.05) is 16.6 Å². The molecule has 0 radical (unpaired) electrons. The Bertz CT molecular complexity index is 2430. The van der Waals surface area contributed by atoms with Crippen LogP contribution in [-0.4, -0.2) is 72.9 Å². The fraction of sp³-hybridized carbons (Fsp3) is 0.453. The van der Waals surface area contributed by atoms with Gasteiger partial charge in [-0.15, -0.1) is 0 Å². The van der Waals surface area contributed by atoms with E-state index in [2.05, 4.69) is 67.3 Å². The quantitative estimate of drug-likeness (QED) is 0.0631. The van der Waals surface area contributed by atoms with Crippen molar-refractivity contribution in [3.63, 3.8) is 0 Å². The fourth-order valence-electron chi connectivity index (χ4n) is 6.43. The number of rotatable bonds is 10. The van der Waals surface area contributed by atoms with Gasteiger partial charge in [-0.2, -0.15) is 13.2 Å². The van der Waals surface area contributed by atoms with Gasteiger partial charge in [-0.25, -0.2) is 4.79 Å². The van der Waals surface area contributed by atoms with Gasteiger partial charge in [0.15, 0.2) is 0 Å². The van der Waals surface area contributed by atoms with Crippen LogP contribution in [0.1, 0.15) is 123 Å². The molecule has 0 atom stereocenters. The van der Waals surface area contributed by atoms with E-state index in [1.165, 1.54) is 32.8 Å². The number of hydrogen-bond acceptors (Lipinski definition) is 9. The largest absolute Gasteiger partial charge is 1.00 e. The second-order valence-corrected chi connectivity index (χ2v) is 20.4. The summed E-state index contributed by atoms with van der Waals surface area (Å²) in [4.78, 5) is 37.0. The first-order valence-corrected chi connectivity index (χ1v) is 25.1. The molecule has 5 aromatic rings. The second-order valence-electron chi connectivity index (χ2n) is 18.6. The number of alkyl halides is 4. The molecule has 386 valence electrons. The number of fused-ring (bicyclic) bond motifs is 1. The molecule has 4 aromatic carbocycles. The van der Waals surface area contributed by atoms with E-state index in [9.17, 15) is 27.6 Å². The first-order valence-electron chi connectivity index (χ1n) is 22.8. The molecule has 0 unspecified atom stereocenters. The number of aryl methyl sites for hydroxylation is 1. The Morgan fingerprint density at radius 1 is 0.817 bits per heavy atom. The van der Waals surface area contributed by atoms with Crippen molar-refractivity contribution in [2.24, 2.45) is 0 Å². The molecule has 6 rings (SSSR count). The summed E-state index contributed by atoms with van der Waals surface area (Å²) in [5.74, 6) is -0.942. The van der Waals surface area contributed by atoms with Crippen LogP contribution >= 0.6 is 43.5 Å². The molecule has 10 nitrogen and oxygen atoms in total. The van der Waals surface area contributed by atoms with Crippen molar-refractivity contribution in [3.8, 4) is 0 Å². The maximum Gasteiger partial charge on any atom is 1.00 e. The Morgan fingerprint density at radius 3 is 1.83 bits per heavy atom. The number of ether oxygens (including phenoxy) is 2. The number of nitrogens with zero attached hydrogens (tertiary/aromatic N) is 1. The van der Waals surface area contributed by atoms with Crippen LogP contribution in [0.3, 0.4) is 0 Å². The SMILES string of the molecule is CC(C)(C)OC(=O)NCc1ccc(Br)cc1.CCN(CC)CC.COC(=O)C(C)(C)c1cccc(B2OC(C)(C)C(C)(C)O2)c1.Cc1ccc2ccccc2c1C(=O)Cl.FC(F)(F)c1ccc(CBr)o1.[H-].[Na+]. The fourth-order valence-corrected chi connectivity index (χ4v) is 7.25. The number of alkyl carbamates (subject to hydrolysis) is 1. The normalized spacial score (nSPS) is 13.6. The predicted octanol–water partition coefficient (Wildman–Crippen LogP) is 11.1. The van der Waals surface area contributed by atoms with Crippen molar-refractivity contribution in [1.29, 1.82) is 0 Å². The van der Waals surface area contributed by atoms with E-state index in [-0.39, 0.29) is 59.2 Å². The molecule has 0 saturated carbocycles. The Hall–Kier alpha value is -3.19. The Labute approximate surface area is 465 Å². The Morgan fingerprint density at radius 2 is 1.38 bits per heavy atom. The molecule has 71 heavy (non-hydrogen) atoms. The minimum absolute atomic E-state index is 0. The Balaban J connectivity index is 0.000000907. The minimum atomic E-state index is -4.37. The summed E-state index contributed by atoms with van der Waals surface area (Å²) in [6.45, 7) is 29.8. The van der Waals surface area contributed by atoms with Crippen molar-refractivity contribution < 1.29 is 81.7 Å². The average Bonchev–Trinajstić information content (AvgIpc) is 3.88. The first-order chi connectivity index (χ1) is 32.5. The average molecular weight is 1150 g/mol. The van der Waals surface area contributed by atoms with Gasteiger partial charge < -0.3 is 34.8 Å². The van der Waals surface area contributed by atoms with Gasteiger partial charge in [-0.1, -0.05) is 125 Å². The Kier molecular flexibility index (Phi) is 27.5. The summed E-state index contributed by atoms with van der Waals surface area (Å²) in [5, 5.41) is 4.57. The van der Waals surface area contributed by atoms with Gasteiger partial charge >= 0.3 is 54.9 Å². The molecule has 1 N–H and O–H groups in total. The number of esters is 1. The van der Waals surface area contributed by atoms with E-state index >= 15 is 0 Å². The van der Waals surface area contributed by atoms with Crippen LogP contribution in [0.25, 0.3) is 10.8 Å². The van der Waals surface area contributed by atoms with Crippen molar-refractivity contribution in [1.82, 2.24) is 10.2 Å². The van der Waals surface area contributed by atoms with Gasteiger partial charge in [-0.3, -0.25) is 9.59 Å². The molecule has 1 amide bonds. The van der Waals surface area contributed by atoms with Crippen LogP contribution < -0.4 is 40.3 Å². The zero-order chi connectivity index (χ0) is 53.3. The standard InChI is InChI=1S/C17H25BO4.C12H16BrNO2.C12H9ClO.C6H4BrF3O.C6H15N.Na.H/c1-15(2,14(19)20-7)12-9-8-10-13(11-12)18-21-16(3,4)17(5,6)22-18;1-12(2,3)16-11(15)14-8-9-4-6-10(13)7-5-9;1-8-6-7-9-4-2-3-5-10(9)11(8)12(13)14;7-3-4-1-2-5(11-4)6(8,9)10;1-4-7(5-2)6-3;;/h8-11H,1-7H3;4-7H,8H2,1-3H3,(H,14,15);2-7H,1H3;1-2H,3H2;4-6H2,1-3H3;;/q;;;;;+1;-1. The number of amides is 1. The molecule has 1 aliphatic heterocycles. The number of methoxy groups -OCH3 is 1. The zero-order valence-electron chi connectivity index (χ0n) is 44.8. The van der Waals surface area contributed by atoms with Crippen LogP contribution in [0.2, 0.25) is 0 Å². The molecule has 0 aliphatic carbocycles. The minimum Gasteiger partial charge on any atom is -1.00 e. The molecular weight excluding hydrogens is 1080 g/mol. The summed E-state index contributed by atoms with van der Waals surface area (Å²) in [5.41, 5.74) is 2.43. The second kappa shape index (κ2) is 29.6. The van der Waals surface area contributed by atoms with Gasteiger partial charge in [0.1, 0.15) is 11.4 Å². The molecule has 2 heterocycles. The van der Waals surface area contributed by atoms with E-state index in [1.54, 1.807) is 0 Å². The third kappa shape index (κ3) is 21.3. The molecular formula is C53H70BBr2ClF3N2NaO8. The van der Waals surface area contributed by atoms with Crippen LogP contribution in [0.4, 0.5) is 18.0 Å². The van der Waals surface area contributed by atoms with Crippen LogP contribution in [-0.2, 0) is 47.0 Å². The number of hydrogen-bond donors (Lipinski definition) is 1. The van der Waals surface area contributed by atoms with Gasteiger partial charge in [0.25, 0.3) is 5.24 Å². The molecule has 1 fully saturated rings. The van der Waals surface area contributed by atoms with E-state index in [4.69, 9.17) is 30.4 Å².